The molecule has 3 heterocycles. The van der Waals surface area contributed by atoms with Gasteiger partial charge in [0.2, 0.25) is 5.91 Å². The summed E-state index contributed by atoms with van der Waals surface area (Å²) in [5.41, 5.74) is 1.06. The molecule has 1 saturated carbocycles. The average Bonchev–Trinajstić information content (AvgIpc) is 3.27. The first-order valence-electron chi connectivity index (χ1n) is 12.2. The molecule has 0 radical (unpaired) electrons. The Morgan fingerprint density at radius 1 is 1.33 bits per heavy atom. The van der Waals surface area contributed by atoms with E-state index < -0.39 is 23.6 Å². The van der Waals surface area contributed by atoms with Crippen LogP contribution in [0.2, 0.25) is 5.02 Å². The predicted octanol–water partition coefficient (Wildman–Crippen LogP) is 4.03. The van der Waals surface area contributed by atoms with Crippen LogP contribution in [-0.2, 0) is 29.6 Å². The van der Waals surface area contributed by atoms with Gasteiger partial charge in [-0.15, -0.1) is 5.10 Å². The summed E-state index contributed by atoms with van der Waals surface area (Å²) in [7, 11) is 1.73. The third-order valence-electron chi connectivity index (χ3n) is 7.04. The Morgan fingerprint density at radius 2 is 2.08 bits per heavy atom. The zero-order valence-corrected chi connectivity index (χ0v) is 21.8. The number of hydrogen-bond acceptors (Lipinski definition) is 6. The number of nitrogens with zero attached hydrogens (tertiary/aromatic N) is 5. The summed E-state index contributed by atoms with van der Waals surface area (Å²) in [6.45, 7) is 6.56. The molecular weight excluding hydrogens is 489 g/mol. The third kappa shape index (κ3) is 4.87. The van der Waals surface area contributed by atoms with Crippen LogP contribution in [0.25, 0.3) is 0 Å². The zero-order chi connectivity index (χ0) is 25.8. The second kappa shape index (κ2) is 8.90. The number of halogens is 2. The van der Waals surface area contributed by atoms with E-state index in [9.17, 15) is 9.59 Å². The number of fused-ring (bicyclic) bond motifs is 1. The minimum Gasteiger partial charge on any atom is -0.484 e. The van der Waals surface area contributed by atoms with Crippen LogP contribution < -0.4 is 4.74 Å². The van der Waals surface area contributed by atoms with Gasteiger partial charge in [0.05, 0.1) is 12.2 Å². The number of benzene rings is 1. The van der Waals surface area contributed by atoms with E-state index >= 15 is 4.39 Å². The quantitative estimate of drug-likeness (QED) is 0.592. The lowest BCUT2D eigenvalue weighted by molar-refractivity contribution is -0.128. The van der Waals surface area contributed by atoms with Crippen molar-refractivity contribution < 1.29 is 23.5 Å². The molecule has 2 fully saturated rings. The highest BCUT2D eigenvalue weighted by Gasteiger charge is 2.52. The van der Waals surface area contributed by atoms with Gasteiger partial charge in [-0.2, -0.15) is 0 Å². The first kappa shape index (κ1) is 24.8. The Labute approximate surface area is 214 Å². The summed E-state index contributed by atoms with van der Waals surface area (Å²) in [6, 6.07) is 0.568. The first-order chi connectivity index (χ1) is 16.9. The number of hydrogen-bond donors (Lipinski definition) is 0. The van der Waals surface area contributed by atoms with Gasteiger partial charge in [-0.05, 0) is 57.1 Å². The van der Waals surface area contributed by atoms with Crippen molar-refractivity contribution in [3.05, 3.63) is 39.9 Å². The lowest BCUT2D eigenvalue weighted by atomic mass is 9.91. The van der Waals surface area contributed by atoms with Gasteiger partial charge >= 0.3 is 6.09 Å². The van der Waals surface area contributed by atoms with Crippen LogP contribution in [0.3, 0.4) is 0 Å². The van der Waals surface area contributed by atoms with Crippen molar-refractivity contribution in [2.24, 2.45) is 12.5 Å². The number of rotatable bonds is 5. The number of ether oxygens (including phenoxy) is 2. The van der Waals surface area contributed by atoms with Crippen LogP contribution >= 0.6 is 11.6 Å². The lowest BCUT2D eigenvalue weighted by Crippen LogP contribution is -2.47. The smallest absolute Gasteiger partial charge is 0.410 e. The number of carbonyl (C=O) groups is 2. The van der Waals surface area contributed by atoms with Gasteiger partial charge in [-0.25, -0.2) is 9.18 Å². The minimum atomic E-state index is -0.714. The SMILES string of the molecule is Cn1cc(COc2c(F)cc(Cl)c3c2[C@@H](CN2CC4(CC4)CC2=O)N(C(=O)OC(C)(C)C)CC3)nn1. The Bertz CT molecular complexity index is 1210. The summed E-state index contributed by atoms with van der Waals surface area (Å²) < 4.78 is 28.6. The zero-order valence-electron chi connectivity index (χ0n) is 21.0. The molecule has 1 spiro atoms. The Morgan fingerprint density at radius 3 is 2.69 bits per heavy atom. The van der Waals surface area contributed by atoms with Crippen molar-refractivity contribution in [2.75, 3.05) is 19.6 Å². The molecule has 0 N–H and O–H groups in total. The molecule has 3 aliphatic rings. The molecule has 2 aliphatic heterocycles. The number of likely N-dealkylation sites (tertiary alicyclic amines) is 1. The number of carbonyl (C=O) groups excluding carboxylic acids is 2. The predicted molar refractivity (Wildman–Crippen MR) is 129 cm³/mol. The van der Waals surface area contributed by atoms with Gasteiger partial charge in [0.25, 0.3) is 0 Å². The first-order valence-corrected chi connectivity index (χ1v) is 12.6. The van der Waals surface area contributed by atoms with Crippen molar-refractivity contribution in [3.8, 4) is 5.75 Å². The van der Waals surface area contributed by atoms with Crippen molar-refractivity contribution in [2.45, 2.75) is 64.7 Å². The fourth-order valence-corrected chi connectivity index (χ4v) is 5.45. The highest BCUT2D eigenvalue weighted by molar-refractivity contribution is 6.31. The molecule has 5 rings (SSSR count). The molecule has 1 aromatic carbocycles. The molecule has 2 aromatic rings. The van der Waals surface area contributed by atoms with Crippen molar-refractivity contribution in [1.29, 1.82) is 0 Å². The van der Waals surface area contributed by atoms with Crippen LogP contribution in [0.4, 0.5) is 9.18 Å². The second-order valence-electron chi connectivity index (χ2n) is 11.1. The molecule has 194 valence electrons. The van der Waals surface area contributed by atoms with Crippen molar-refractivity contribution >= 4 is 23.6 Å². The van der Waals surface area contributed by atoms with Crippen LogP contribution in [0.5, 0.6) is 5.75 Å². The second-order valence-corrected chi connectivity index (χ2v) is 11.5. The Hall–Kier alpha value is -2.88. The van der Waals surface area contributed by atoms with E-state index in [4.69, 9.17) is 21.1 Å². The fraction of sp³-hybridized carbons (Fsp3) is 0.600. The maximum Gasteiger partial charge on any atom is 0.410 e. The monoisotopic (exact) mass is 519 g/mol. The molecule has 9 nitrogen and oxygen atoms in total. The molecule has 11 heteroatoms. The van der Waals surface area contributed by atoms with E-state index in [2.05, 4.69) is 10.3 Å². The number of amides is 2. The molecular formula is C25H31ClFN5O4. The normalized spacial score (nSPS) is 20.6. The number of aryl methyl sites for hydroxylation is 1. The van der Waals surface area contributed by atoms with E-state index in [1.807, 2.05) is 0 Å². The molecule has 1 atom stereocenters. The van der Waals surface area contributed by atoms with E-state index in [0.29, 0.717) is 42.8 Å². The van der Waals surface area contributed by atoms with Crippen LogP contribution in [0.15, 0.2) is 12.3 Å². The van der Waals surface area contributed by atoms with Crippen molar-refractivity contribution in [3.63, 3.8) is 0 Å². The van der Waals surface area contributed by atoms with Crippen LogP contribution in [0, 0.1) is 11.2 Å². The Kier molecular flexibility index (Phi) is 6.13. The minimum absolute atomic E-state index is 0.00564. The van der Waals surface area contributed by atoms with Gasteiger partial charge < -0.3 is 14.4 Å². The van der Waals surface area contributed by atoms with Crippen molar-refractivity contribution in [1.82, 2.24) is 24.8 Å². The van der Waals surface area contributed by atoms with Crippen LogP contribution in [-0.4, -0.2) is 62.0 Å². The molecule has 0 bridgehead atoms. The largest absolute Gasteiger partial charge is 0.484 e. The summed E-state index contributed by atoms with van der Waals surface area (Å²) in [6.07, 6.45) is 4.13. The summed E-state index contributed by atoms with van der Waals surface area (Å²) >= 11 is 6.50. The molecule has 0 unspecified atom stereocenters. The van der Waals surface area contributed by atoms with E-state index in [-0.39, 0.29) is 35.2 Å². The van der Waals surface area contributed by atoms with Gasteiger partial charge in [0.15, 0.2) is 11.6 Å². The Balaban J connectivity index is 1.53. The number of aromatic nitrogens is 3. The van der Waals surface area contributed by atoms with Gasteiger partial charge in [0, 0.05) is 43.7 Å². The van der Waals surface area contributed by atoms with E-state index in [1.54, 1.807) is 43.8 Å². The van der Waals surface area contributed by atoms with Gasteiger partial charge in [0.1, 0.15) is 17.9 Å². The van der Waals surface area contributed by atoms with Crippen LogP contribution in [0.1, 0.15) is 62.9 Å². The summed E-state index contributed by atoms with van der Waals surface area (Å²) in [5.74, 6) is -0.579. The lowest BCUT2D eigenvalue weighted by Gasteiger charge is -2.40. The third-order valence-corrected chi connectivity index (χ3v) is 7.38. The van der Waals surface area contributed by atoms with Gasteiger partial charge in [-0.1, -0.05) is 16.8 Å². The molecule has 2 amide bonds. The van der Waals surface area contributed by atoms with Gasteiger partial charge in [-0.3, -0.25) is 14.4 Å². The van der Waals surface area contributed by atoms with E-state index in [0.717, 1.165) is 12.8 Å². The molecule has 1 aromatic heterocycles. The topological polar surface area (TPSA) is 89.8 Å². The summed E-state index contributed by atoms with van der Waals surface area (Å²) in [4.78, 5) is 29.6. The average molecular weight is 520 g/mol. The van der Waals surface area contributed by atoms with E-state index in [1.165, 1.54) is 10.7 Å². The fourth-order valence-electron chi connectivity index (χ4n) is 5.16. The standard InChI is InChI=1S/C25H31ClFN5O4/c1-24(2,3)36-23(34)32-8-5-16-17(26)9-18(27)22(35-13-15-11-30(4)29-28-15)21(16)19(32)12-31-14-25(6-7-25)10-20(31)33/h9,11,19H,5-8,10,12-14H2,1-4H3/t19-/m1/s1. The molecule has 1 saturated heterocycles. The highest BCUT2D eigenvalue weighted by Crippen LogP contribution is 2.54. The maximum atomic E-state index is 15.4. The maximum absolute atomic E-state index is 15.4. The molecule has 1 aliphatic carbocycles. The molecule has 36 heavy (non-hydrogen) atoms. The highest BCUT2D eigenvalue weighted by atomic mass is 35.5. The summed E-state index contributed by atoms with van der Waals surface area (Å²) in [5, 5.41) is 8.18.